The molecule has 0 aromatic heterocycles. The number of ether oxygens (including phenoxy) is 1. The highest BCUT2D eigenvalue weighted by Crippen LogP contribution is 2.78. The molecular formula is C32H54O3. The van der Waals surface area contributed by atoms with Crippen LogP contribution in [0.2, 0.25) is 0 Å². The Balaban J connectivity index is 1.61. The van der Waals surface area contributed by atoms with E-state index in [-0.39, 0.29) is 34.2 Å². The van der Waals surface area contributed by atoms with E-state index in [1.54, 1.807) is 6.92 Å². The van der Waals surface area contributed by atoms with Gasteiger partial charge >= 0.3 is 5.97 Å². The van der Waals surface area contributed by atoms with Crippen molar-refractivity contribution in [1.29, 1.82) is 0 Å². The second kappa shape index (κ2) is 7.73. The summed E-state index contributed by atoms with van der Waals surface area (Å²) in [7, 11) is 0. The lowest BCUT2D eigenvalue weighted by atomic mass is 9.31. The number of carbonyl (C=O) groups excluding carboxylic acids is 1. The number of rotatable bonds is 2. The number of hydrogen-bond donors (Lipinski definition) is 1. The lowest BCUT2D eigenvalue weighted by Crippen LogP contribution is -2.70. The summed E-state index contributed by atoms with van der Waals surface area (Å²) >= 11 is 0. The molecule has 0 aromatic rings. The first-order valence-electron chi connectivity index (χ1n) is 14.9. The van der Waals surface area contributed by atoms with Crippen LogP contribution in [0.15, 0.2) is 0 Å². The van der Waals surface area contributed by atoms with Crippen LogP contribution in [0, 0.1) is 56.7 Å². The molecule has 0 radical (unpaired) electrons. The molecule has 0 saturated heterocycles. The molecule has 0 amide bonds. The highest BCUT2D eigenvalue weighted by molar-refractivity contribution is 5.66. The first-order valence-corrected chi connectivity index (χ1v) is 14.9. The van der Waals surface area contributed by atoms with Crippen molar-refractivity contribution < 1.29 is 14.6 Å². The average molecular weight is 487 g/mol. The molecule has 0 aromatic carbocycles. The zero-order valence-corrected chi connectivity index (χ0v) is 24.3. The second-order valence-corrected chi connectivity index (χ2v) is 16.1. The third-order valence-corrected chi connectivity index (χ3v) is 14.0. The number of fused-ring (bicyclic) bond motifs is 7. The standard InChI is InChI=1S/C32H54O3/c1-20(33)35-26-19-22-21(28(4,5)34)13-17-29(22,6)25-12-11-24-30(7)16-10-15-27(2,3)23(30)14-18-31(24,8)32(25,26)9/h21-26,34H,10-19H2,1-9H3/t21-,22-,23+,24+,25+,26-,29-,30-,31+,32-/m0/s1. The van der Waals surface area contributed by atoms with Gasteiger partial charge in [0.15, 0.2) is 0 Å². The minimum atomic E-state index is -0.683. The van der Waals surface area contributed by atoms with E-state index < -0.39 is 5.60 Å². The Labute approximate surface area is 215 Å². The number of carbonyl (C=O) groups is 1. The Kier molecular flexibility index (Phi) is 5.76. The molecule has 0 bridgehead atoms. The molecule has 5 aliphatic carbocycles. The van der Waals surface area contributed by atoms with Crippen LogP contribution in [0.25, 0.3) is 0 Å². The van der Waals surface area contributed by atoms with Gasteiger partial charge in [0.05, 0.1) is 5.60 Å². The third kappa shape index (κ3) is 3.34. The zero-order chi connectivity index (χ0) is 25.8. The van der Waals surface area contributed by atoms with Crippen LogP contribution in [-0.4, -0.2) is 22.8 Å². The maximum Gasteiger partial charge on any atom is 0.302 e. The van der Waals surface area contributed by atoms with Gasteiger partial charge < -0.3 is 9.84 Å². The molecule has 0 aliphatic heterocycles. The molecule has 0 spiro atoms. The summed E-state index contributed by atoms with van der Waals surface area (Å²) in [4.78, 5) is 12.5. The van der Waals surface area contributed by atoms with Crippen LogP contribution in [0.3, 0.4) is 0 Å². The van der Waals surface area contributed by atoms with Gasteiger partial charge in [-0.05, 0) is 123 Å². The zero-order valence-electron chi connectivity index (χ0n) is 24.3. The lowest BCUT2D eigenvalue weighted by molar-refractivity contribution is -0.279. The van der Waals surface area contributed by atoms with Crippen molar-refractivity contribution in [3.8, 4) is 0 Å². The highest BCUT2D eigenvalue weighted by atomic mass is 16.5. The molecule has 0 unspecified atom stereocenters. The van der Waals surface area contributed by atoms with Crippen molar-refractivity contribution in [1.82, 2.24) is 0 Å². The number of aliphatic hydroxyl groups is 1. The Morgan fingerprint density at radius 3 is 2.11 bits per heavy atom. The van der Waals surface area contributed by atoms with Gasteiger partial charge in [-0.1, -0.05) is 48.0 Å². The van der Waals surface area contributed by atoms with E-state index in [1.807, 2.05) is 13.8 Å². The monoisotopic (exact) mass is 486 g/mol. The summed E-state index contributed by atoms with van der Waals surface area (Å²) in [5, 5.41) is 11.1. The molecule has 10 atom stereocenters. The van der Waals surface area contributed by atoms with Crippen molar-refractivity contribution in [3.63, 3.8) is 0 Å². The maximum atomic E-state index is 12.5. The summed E-state index contributed by atoms with van der Waals surface area (Å²) in [6, 6.07) is 0. The van der Waals surface area contributed by atoms with Gasteiger partial charge in [-0.15, -0.1) is 0 Å². The molecule has 5 rings (SSSR count). The van der Waals surface area contributed by atoms with Gasteiger partial charge in [-0.25, -0.2) is 0 Å². The Bertz CT molecular complexity index is 871. The normalized spacial score (nSPS) is 53.1. The minimum Gasteiger partial charge on any atom is -0.462 e. The van der Waals surface area contributed by atoms with Crippen molar-refractivity contribution >= 4 is 5.97 Å². The molecule has 5 fully saturated rings. The fraction of sp³-hybridized carbons (Fsp3) is 0.969. The summed E-state index contributed by atoms with van der Waals surface area (Å²) < 4.78 is 6.38. The van der Waals surface area contributed by atoms with Crippen LogP contribution in [0.1, 0.15) is 127 Å². The van der Waals surface area contributed by atoms with E-state index in [4.69, 9.17) is 4.74 Å². The van der Waals surface area contributed by atoms with Crippen LogP contribution >= 0.6 is 0 Å². The fourth-order valence-corrected chi connectivity index (χ4v) is 12.5. The lowest BCUT2D eigenvalue weighted by Gasteiger charge is -2.74. The van der Waals surface area contributed by atoms with Gasteiger partial charge in [-0.2, -0.15) is 0 Å². The molecule has 0 heterocycles. The van der Waals surface area contributed by atoms with Crippen molar-refractivity contribution in [2.24, 2.45) is 56.7 Å². The fourth-order valence-electron chi connectivity index (χ4n) is 12.5. The molecular weight excluding hydrogens is 432 g/mol. The molecule has 3 heteroatoms. The molecule has 1 N–H and O–H groups in total. The SMILES string of the molecule is CC(=O)O[C@H]1C[C@H]2[C@@H](C(C)(C)O)CC[C@]2(C)[C@H]2CC[C@@H]3[C@@]4(C)CCCC(C)(C)[C@H]4CC[C@@]3(C)[C@]12C. The van der Waals surface area contributed by atoms with E-state index in [2.05, 4.69) is 41.5 Å². The first-order chi connectivity index (χ1) is 16.0. The quantitative estimate of drug-likeness (QED) is 0.405. The predicted molar refractivity (Wildman–Crippen MR) is 142 cm³/mol. The average Bonchev–Trinajstić information content (AvgIpc) is 3.05. The second-order valence-electron chi connectivity index (χ2n) is 16.1. The topological polar surface area (TPSA) is 46.5 Å². The van der Waals surface area contributed by atoms with Crippen LogP contribution in [0.4, 0.5) is 0 Å². The van der Waals surface area contributed by atoms with Crippen molar-refractivity contribution in [2.75, 3.05) is 0 Å². The van der Waals surface area contributed by atoms with E-state index in [0.29, 0.717) is 28.6 Å². The van der Waals surface area contributed by atoms with E-state index in [9.17, 15) is 9.90 Å². The third-order valence-electron chi connectivity index (χ3n) is 14.0. The summed E-state index contributed by atoms with van der Waals surface area (Å²) in [5.74, 6) is 2.62. The first kappa shape index (κ1) is 26.1. The molecule has 3 nitrogen and oxygen atoms in total. The summed E-state index contributed by atoms with van der Waals surface area (Å²) in [5.41, 5.74) is 0.500. The van der Waals surface area contributed by atoms with Gasteiger partial charge in [0, 0.05) is 12.3 Å². The van der Waals surface area contributed by atoms with Crippen molar-refractivity contribution in [3.05, 3.63) is 0 Å². The Morgan fingerprint density at radius 2 is 1.49 bits per heavy atom. The van der Waals surface area contributed by atoms with E-state index >= 15 is 0 Å². The molecule has 200 valence electrons. The van der Waals surface area contributed by atoms with Crippen LogP contribution in [0.5, 0.6) is 0 Å². The summed E-state index contributed by atoms with van der Waals surface area (Å²) in [6.07, 6.45) is 12.4. The van der Waals surface area contributed by atoms with Gasteiger partial charge in [0.1, 0.15) is 6.10 Å². The van der Waals surface area contributed by atoms with Gasteiger partial charge in [-0.3, -0.25) is 4.79 Å². The Hall–Kier alpha value is -0.570. The van der Waals surface area contributed by atoms with E-state index in [1.165, 1.54) is 51.4 Å². The molecule has 5 saturated carbocycles. The Morgan fingerprint density at radius 1 is 0.829 bits per heavy atom. The summed E-state index contributed by atoms with van der Waals surface area (Å²) in [6.45, 7) is 21.1. The molecule has 5 aliphatic rings. The maximum absolute atomic E-state index is 12.5. The van der Waals surface area contributed by atoms with Crippen LogP contribution < -0.4 is 0 Å². The largest absolute Gasteiger partial charge is 0.462 e. The molecule has 35 heavy (non-hydrogen) atoms. The van der Waals surface area contributed by atoms with Gasteiger partial charge in [0.25, 0.3) is 0 Å². The van der Waals surface area contributed by atoms with Crippen LogP contribution in [-0.2, 0) is 9.53 Å². The number of hydrogen-bond acceptors (Lipinski definition) is 3. The highest BCUT2D eigenvalue weighted by Gasteiger charge is 2.73. The number of esters is 1. The predicted octanol–water partition coefficient (Wildman–Crippen LogP) is 7.79. The van der Waals surface area contributed by atoms with E-state index in [0.717, 1.165) is 18.8 Å². The van der Waals surface area contributed by atoms with Gasteiger partial charge in [0.2, 0.25) is 0 Å². The van der Waals surface area contributed by atoms with Crippen molar-refractivity contribution in [2.45, 2.75) is 138 Å². The minimum absolute atomic E-state index is 0.0170. The smallest absolute Gasteiger partial charge is 0.302 e.